The zero-order valence-corrected chi connectivity index (χ0v) is 12.3. The SMILES string of the molecule is CCOC(=O)c1ccc(C(=O)OCCCCl)c(C)c1N. The molecule has 1 rings (SSSR count). The van der Waals surface area contributed by atoms with Gasteiger partial charge in [0.25, 0.3) is 0 Å². The predicted molar refractivity (Wildman–Crippen MR) is 77.2 cm³/mol. The van der Waals surface area contributed by atoms with Crippen LogP contribution in [0.25, 0.3) is 0 Å². The monoisotopic (exact) mass is 299 g/mol. The Hall–Kier alpha value is -1.75. The molecule has 1 aromatic rings. The molecule has 5 nitrogen and oxygen atoms in total. The highest BCUT2D eigenvalue weighted by Gasteiger charge is 2.18. The maximum Gasteiger partial charge on any atom is 0.340 e. The summed E-state index contributed by atoms with van der Waals surface area (Å²) in [5.74, 6) is -0.555. The van der Waals surface area contributed by atoms with E-state index in [4.69, 9.17) is 26.8 Å². The van der Waals surface area contributed by atoms with Crippen molar-refractivity contribution in [1.82, 2.24) is 0 Å². The molecule has 1 aromatic carbocycles. The van der Waals surface area contributed by atoms with Gasteiger partial charge in [-0.05, 0) is 38.0 Å². The molecule has 0 saturated heterocycles. The molecule has 0 fully saturated rings. The van der Waals surface area contributed by atoms with E-state index in [1.54, 1.807) is 13.8 Å². The van der Waals surface area contributed by atoms with Crippen molar-refractivity contribution in [2.75, 3.05) is 24.8 Å². The topological polar surface area (TPSA) is 78.6 Å². The maximum absolute atomic E-state index is 11.9. The number of benzene rings is 1. The second-order valence-electron chi connectivity index (χ2n) is 4.10. The van der Waals surface area contributed by atoms with Crippen molar-refractivity contribution in [2.45, 2.75) is 20.3 Å². The van der Waals surface area contributed by atoms with Gasteiger partial charge in [0.05, 0.1) is 24.3 Å². The summed E-state index contributed by atoms with van der Waals surface area (Å²) < 4.78 is 9.95. The minimum absolute atomic E-state index is 0.232. The highest BCUT2D eigenvalue weighted by molar-refractivity contribution is 6.17. The fraction of sp³-hybridized carbons (Fsp3) is 0.429. The molecule has 0 aromatic heterocycles. The van der Waals surface area contributed by atoms with Gasteiger partial charge in [-0.15, -0.1) is 11.6 Å². The first-order chi connectivity index (χ1) is 9.52. The van der Waals surface area contributed by atoms with Gasteiger partial charge in [-0.3, -0.25) is 0 Å². The summed E-state index contributed by atoms with van der Waals surface area (Å²) in [5, 5.41) is 0. The molecule has 0 saturated carbocycles. The van der Waals surface area contributed by atoms with Crippen LogP contribution in [0.3, 0.4) is 0 Å². The molecule has 0 aliphatic rings. The van der Waals surface area contributed by atoms with E-state index in [2.05, 4.69) is 0 Å². The van der Waals surface area contributed by atoms with Crippen LogP contribution in [0.5, 0.6) is 0 Å². The molecule has 0 aliphatic heterocycles. The van der Waals surface area contributed by atoms with E-state index in [-0.39, 0.29) is 24.5 Å². The Morgan fingerprint density at radius 3 is 2.40 bits per heavy atom. The molecule has 0 atom stereocenters. The van der Waals surface area contributed by atoms with Crippen LogP contribution in [0.4, 0.5) is 5.69 Å². The number of hydrogen-bond acceptors (Lipinski definition) is 5. The largest absolute Gasteiger partial charge is 0.462 e. The zero-order valence-electron chi connectivity index (χ0n) is 11.6. The Bertz CT molecular complexity index is 502. The number of alkyl halides is 1. The van der Waals surface area contributed by atoms with Gasteiger partial charge in [0.15, 0.2) is 0 Å². The predicted octanol–water partition coefficient (Wildman–Crippen LogP) is 2.54. The summed E-state index contributed by atoms with van der Waals surface area (Å²) in [6.07, 6.45) is 0.586. The van der Waals surface area contributed by atoms with Crippen LogP contribution in [0.15, 0.2) is 12.1 Å². The minimum Gasteiger partial charge on any atom is -0.462 e. The molecule has 0 amide bonds. The quantitative estimate of drug-likeness (QED) is 0.378. The van der Waals surface area contributed by atoms with E-state index in [0.717, 1.165) is 0 Å². The molecule has 110 valence electrons. The number of halogens is 1. The van der Waals surface area contributed by atoms with Crippen molar-refractivity contribution in [1.29, 1.82) is 0 Å². The number of rotatable bonds is 6. The molecule has 6 heteroatoms. The van der Waals surface area contributed by atoms with E-state index in [0.29, 0.717) is 23.4 Å². The van der Waals surface area contributed by atoms with Crippen molar-refractivity contribution in [3.8, 4) is 0 Å². The van der Waals surface area contributed by atoms with Crippen molar-refractivity contribution in [3.63, 3.8) is 0 Å². The standard InChI is InChI=1S/C14H18ClNO4/c1-3-19-14(18)11-6-5-10(9(2)12(11)16)13(17)20-8-4-7-15/h5-6H,3-4,7-8,16H2,1-2H3. The molecular weight excluding hydrogens is 282 g/mol. The Balaban J connectivity index is 2.94. The molecule has 0 bridgehead atoms. The van der Waals surface area contributed by atoms with E-state index >= 15 is 0 Å². The average Bonchev–Trinajstić information content (AvgIpc) is 2.42. The minimum atomic E-state index is -0.504. The van der Waals surface area contributed by atoms with Crippen LogP contribution in [-0.2, 0) is 9.47 Å². The Morgan fingerprint density at radius 1 is 1.20 bits per heavy atom. The second-order valence-corrected chi connectivity index (χ2v) is 4.48. The lowest BCUT2D eigenvalue weighted by Crippen LogP contribution is -2.14. The molecule has 20 heavy (non-hydrogen) atoms. The molecule has 0 aliphatic carbocycles. The molecule has 0 heterocycles. The van der Waals surface area contributed by atoms with E-state index in [1.165, 1.54) is 12.1 Å². The summed E-state index contributed by atoms with van der Waals surface area (Å²) in [5.41, 5.74) is 7.20. The van der Waals surface area contributed by atoms with E-state index < -0.39 is 11.9 Å². The lowest BCUT2D eigenvalue weighted by Gasteiger charge is -2.12. The van der Waals surface area contributed by atoms with Crippen molar-refractivity contribution < 1.29 is 19.1 Å². The molecule has 0 radical (unpaired) electrons. The van der Waals surface area contributed by atoms with Crippen LogP contribution in [-0.4, -0.2) is 31.0 Å². The summed E-state index contributed by atoms with van der Waals surface area (Å²) in [6.45, 7) is 3.89. The maximum atomic E-state index is 11.9. The van der Waals surface area contributed by atoms with Gasteiger partial charge in [0, 0.05) is 11.6 Å². The normalized spacial score (nSPS) is 10.2. The van der Waals surface area contributed by atoms with Crippen LogP contribution >= 0.6 is 11.6 Å². The van der Waals surface area contributed by atoms with Gasteiger partial charge < -0.3 is 15.2 Å². The summed E-state index contributed by atoms with van der Waals surface area (Å²) in [6, 6.07) is 2.99. The number of carbonyl (C=O) groups excluding carboxylic acids is 2. The van der Waals surface area contributed by atoms with Crippen molar-refractivity contribution >= 4 is 29.2 Å². The van der Waals surface area contributed by atoms with Crippen LogP contribution in [0.1, 0.15) is 39.6 Å². The molecule has 0 spiro atoms. The summed E-state index contributed by atoms with van der Waals surface area (Å²) in [7, 11) is 0. The van der Waals surface area contributed by atoms with Gasteiger partial charge in [0.2, 0.25) is 0 Å². The van der Waals surface area contributed by atoms with Crippen LogP contribution in [0, 0.1) is 6.92 Å². The number of hydrogen-bond donors (Lipinski definition) is 1. The van der Waals surface area contributed by atoms with Gasteiger partial charge >= 0.3 is 11.9 Å². The van der Waals surface area contributed by atoms with Crippen molar-refractivity contribution in [2.24, 2.45) is 0 Å². The van der Waals surface area contributed by atoms with Crippen LogP contribution < -0.4 is 5.73 Å². The Kier molecular flexibility index (Phi) is 6.31. The molecular formula is C14H18ClNO4. The molecule has 0 unspecified atom stereocenters. The Morgan fingerprint density at radius 2 is 1.80 bits per heavy atom. The van der Waals surface area contributed by atoms with Crippen molar-refractivity contribution in [3.05, 3.63) is 28.8 Å². The number of carbonyl (C=O) groups is 2. The third kappa shape index (κ3) is 3.87. The number of esters is 2. The number of nitrogen functional groups attached to an aromatic ring is 1. The summed E-state index contributed by atoms with van der Waals surface area (Å²) >= 11 is 5.51. The van der Waals surface area contributed by atoms with Crippen LogP contribution in [0.2, 0.25) is 0 Å². The number of anilines is 1. The highest BCUT2D eigenvalue weighted by Crippen LogP contribution is 2.22. The summed E-state index contributed by atoms with van der Waals surface area (Å²) in [4.78, 5) is 23.5. The number of nitrogens with two attached hydrogens (primary N) is 1. The van der Waals surface area contributed by atoms with E-state index in [1.807, 2.05) is 0 Å². The third-order valence-corrected chi connectivity index (χ3v) is 3.01. The lowest BCUT2D eigenvalue weighted by atomic mass is 10.0. The zero-order chi connectivity index (χ0) is 15.1. The van der Waals surface area contributed by atoms with Gasteiger partial charge in [-0.25, -0.2) is 9.59 Å². The second kappa shape index (κ2) is 7.75. The highest BCUT2D eigenvalue weighted by atomic mass is 35.5. The first-order valence-corrected chi connectivity index (χ1v) is 6.85. The van der Waals surface area contributed by atoms with Gasteiger partial charge in [-0.2, -0.15) is 0 Å². The lowest BCUT2D eigenvalue weighted by molar-refractivity contribution is 0.0498. The van der Waals surface area contributed by atoms with Gasteiger partial charge in [-0.1, -0.05) is 0 Å². The number of ether oxygens (including phenoxy) is 2. The smallest absolute Gasteiger partial charge is 0.340 e. The third-order valence-electron chi connectivity index (χ3n) is 2.74. The van der Waals surface area contributed by atoms with Gasteiger partial charge in [0.1, 0.15) is 0 Å². The average molecular weight is 300 g/mol. The Labute approximate surface area is 123 Å². The molecule has 2 N–H and O–H groups in total. The van der Waals surface area contributed by atoms with E-state index in [9.17, 15) is 9.59 Å². The first kappa shape index (κ1) is 16.3. The first-order valence-electron chi connectivity index (χ1n) is 6.32. The fourth-order valence-corrected chi connectivity index (χ4v) is 1.74. The fourth-order valence-electron chi connectivity index (χ4n) is 1.63.